The summed E-state index contributed by atoms with van der Waals surface area (Å²) in [5.41, 5.74) is 3.98. The summed E-state index contributed by atoms with van der Waals surface area (Å²) in [6.07, 6.45) is 3.52. The molecule has 190 valence electrons. The van der Waals surface area contributed by atoms with Crippen molar-refractivity contribution in [3.63, 3.8) is 0 Å². The summed E-state index contributed by atoms with van der Waals surface area (Å²) in [7, 11) is 1.63. The molecule has 4 aromatic rings. The van der Waals surface area contributed by atoms with Crippen LogP contribution in [-0.2, 0) is 6.54 Å². The van der Waals surface area contributed by atoms with Crippen LogP contribution < -0.4 is 15.2 Å². The van der Waals surface area contributed by atoms with E-state index in [0.29, 0.717) is 17.8 Å². The molecule has 2 aromatic heterocycles. The van der Waals surface area contributed by atoms with Crippen molar-refractivity contribution in [3.05, 3.63) is 118 Å². The van der Waals surface area contributed by atoms with Gasteiger partial charge < -0.3 is 19.3 Å². The van der Waals surface area contributed by atoms with Crippen LogP contribution in [0.1, 0.15) is 28.4 Å². The average Bonchev–Trinajstić information content (AvgIpc) is 2.95. The average molecular weight is 497 g/mol. The van der Waals surface area contributed by atoms with Crippen molar-refractivity contribution in [2.24, 2.45) is 0 Å². The van der Waals surface area contributed by atoms with E-state index >= 15 is 0 Å². The number of nitrogens with zero attached hydrogens (tertiary/aromatic N) is 4. The maximum atomic E-state index is 14.0. The fourth-order valence-electron chi connectivity index (χ4n) is 5.11. The van der Waals surface area contributed by atoms with Gasteiger partial charge in [-0.1, -0.05) is 36.4 Å². The third kappa shape index (κ3) is 5.22. The number of para-hydroxylation sites is 1. The molecule has 1 aliphatic rings. The fraction of sp³-hybridized carbons (Fsp3) is 0.267. The number of aromatic nitrogens is 2. The summed E-state index contributed by atoms with van der Waals surface area (Å²) < 4.78 is 7.01. The molecule has 0 aliphatic carbocycles. The lowest BCUT2D eigenvalue weighted by atomic mass is 9.97. The van der Waals surface area contributed by atoms with Crippen molar-refractivity contribution in [1.82, 2.24) is 14.5 Å². The molecule has 1 fully saturated rings. The van der Waals surface area contributed by atoms with E-state index in [0.717, 1.165) is 43.1 Å². The number of piperazine rings is 1. The Balaban J connectivity index is 1.50. The molecule has 7 nitrogen and oxygen atoms in total. The number of benzene rings is 2. The molecule has 3 heterocycles. The first-order chi connectivity index (χ1) is 18.0. The molecule has 2 aromatic carbocycles. The second kappa shape index (κ2) is 10.9. The number of aryl methyl sites for hydroxylation is 1. The Kier molecular flexibility index (Phi) is 7.23. The highest BCUT2D eigenvalue weighted by Crippen LogP contribution is 2.33. The van der Waals surface area contributed by atoms with Gasteiger partial charge >= 0.3 is 0 Å². The molecule has 1 atom stereocenters. The van der Waals surface area contributed by atoms with Crippen LogP contribution in [0, 0.1) is 6.92 Å². The van der Waals surface area contributed by atoms with Gasteiger partial charge in [0.15, 0.2) is 0 Å². The van der Waals surface area contributed by atoms with E-state index in [1.54, 1.807) is 30.1 Å². The first-order valence-electron chi connectivity index (χ1n) is 12.6. The molecule has 1 saturated heterocycles. The van der Waals surface area contributed by atoms with Gasteiger partial charge in [0.25, 0.3) is 5.56 Å². The third-order valence-corrected chi connectivity index (χ3v) is 7.10. The molecule has 0 bridgehead atoms. The van der Waals surface area contributed by atoms with Crippen LogP contribution in [0.2, 0.25) is 0 Å². The first kappa shape index (κ1) is 24.6. The van der Waals surface area contributed by atoms with E-state index in [2.05, 4.69) is 39.0 Å². The standard InChI is InChI=1S/C30H32N4O3/c1-22-19-27(35)28(30(36)34(22)21-23-10-12-26(37-2)13-11-23)29(24-7-6-14-31-20-24)33-17-15-32(16-18-33)25-8-4-3-5-9-25/h3-14,19-20,29,35H,15-18,21H2,1-2H3/t29-/m1/s1. The van der Waals surface area contributed by atoms with E-state index in [1.807, 2.05) is 49.4 Å². The second-order valence-corrected chi connectivity index (χ2v) is 9.37. The van der Waals surface area contributed by atoms with Crippen LogP contribution in [0.3, 0.4) is 0 Å². The minimum absolute atomic E-state index is 0.0211. The molecule has 0 radical (unpaired) electrons. The van der Waals surface area contributed by atoms with Gasteiger partial charge in [-0.25, -0.2) is 0 Å². The highest BCUT2D eigenvalue weighted by atomic mass is 16.5. The quantitative estimate of drug-likeness (QED) is 0.413. The molecule has 5 rings (SSSR count). The lowest BCUT2D eigenvalue weighted by Crippen LogP contribution is -2.49. The van der Waals surface area contributed by atoms with Crippen molar-refractivity contribution < 1.29 is 9.84 Å². The van der Waals surface area contributed by atoms with Crippen molar-refractivity contribution in [2.45, 2.75) is 19.5 Å². The monoisotopic (exact) mass is 496 g/mol. The second-order valence-electron chi connectivity index (χ2n) is 9.37. The minimum atomic E-state index is -0.401. The molecule has 0 spiro atoms. The zero-order chi connectivity index (χ0) is 25.8. The van der Waals surface area contributed by atoms with Crippen molar-refractivity contribution in [1.29, 1.82) is 0 Å². The molecule has 7 heteroatoms. The number of hydrogen-bond acceptors (Lipinski definition) is 6. The Labute approximate surface area is 217 Å². The van der Waals surface area contributed by atoms with E-state index < -0.39 is 6.04 Å². The zero-order valence-electron chi connectivity index (χ0n) is 21.2. The molecule has 1 N–H and O–H groups in total. The predicted octanol–water partition coefficient (Wildman–Crippen LogP) is 4.23. The van der Waals surface area contributed by atoms with Gasteiger partial charge in [0, 0.05) is 50.0 Å². The lowest BCUT2D eigenvalue weighted by molar-refractivity contribution is 0.207. The lowest BCUT2D eigenvalue weighted by Gasteiger charge is -2.40. The summed E-state index contributed by atoms with van der Waals surface area (Å²) in [4.78, 5) is 23.0. The Morgan fingerprint density at radius 1 is 0.973 bits per heavy atom. The number of rotatable bonds is 7. The normalized spacial score (nSPS) is 14.9. The number of hydrogen-bond donors (Lipinski definition) is 1. The fourth-order valence-corrected chi connectivity index (χ4v) is 5.11. The van der Waals surface area contributed by atoms with Crippen LogP contribution in [0.25, 0.3) is 0 Å². The first-order valence-corrected chi connectivity index (χ1v) is 12.6. The molecular weight excluding hydrogens is 464 g/mol. The van der Waals surface area contributed by atoms with Gasteiger partial charge in [0.05, 0.1) is 25.3 Å². The SMILES string of the molecule is COc1ccc(Cn2c(C)cc(O)c([C@@H](c3cccnc3)N3CCN(c4ccccc4)CC3)c2=O)cc1. The van der Waals surface area contributed by atoms with E-state index in [-0.39, 0.29) is 11.3 Å². The Bertz CT molecular complexity index is 1380. The molecule has 0 unspecified atom stereocenters. The van der Waals surface area contributed by atoms with Gasteiger partial charge in [0.1, 0.15) is 11.5 Å². The van der Waals surface area contributed by atoms with Gasteiger partial charge in [-0.3, -0.25) is 14.7 Å². The summed E-state index contributed by atoms with van der Waals surface area (Å²) >= 11 is 0. The zero-order valence-corrected chi connectivity index (χ0v) is 21.2. The topological polar surface area (TPSA) is 70.8 Å². The van der Waals surface area contributed by atoms with Crippen molar-refractivity contribution >= 4 is 5.69 Å². The van der Waals surface area contributed by atoms with E-state index in [1.165, 1.54) is 5.69 Å². The highest BCUT2D eigenvalue weighted by molar-refractivity contribution is 5.47. The number of methoxy groups -OCH3 is 1. The number of pyridine rings is 2. The Hall–Kier alpha value is -4.10. The number of anilines is 1. The molecule has 37 heavy (non-hydrogen) atoms. The summed E-state index contributed by atoms with van der Waals surface area (Å²) in [5.74, 6) is 0.790. The smallest absolute Gasteiger partial charge is 0.259 e. The van der Waals surface area contributed by atoms with Crippen molar-refractivity contribution in [2.75, 3.05) is 38.2 Å². The third-order valence-electron chi connectivity index (χ3n) is 7.10. The van der Waals surface area contributed by atoms with Crippen LogP contribution in [0.5, 0.6) is 11.5 Å². The molecule has 1 aliphatic heterocycles. The molecule has 0 saturated carbocycles. The number of aromatic hydroxyl groups is 1. The summed E-state index contributed by atoms with van der Waals surface area (Å²) in [6, 6.07) is 23.2. The molecular formula is C30H32N4O3. The summed E-state index contributed by atoms with van der Waals surface area (Å²) in [6.45, 7) is 5.41. The van der Waals surface area contributed by atoms with Crippen LogP contribution in [0.15, 0.2) is 90.0 Å². The van der Waals surface area contributed by atoms with Crippen LogP contribution >= 0.6 is 0 Å². The Morgan fingerprint density at radius 3 is 2.35 bits per heavy atom. The van der Waals surface area contributed by atoms with E-state index in [4.69, 9.17) is 4.74 Å². The van der Waals surface area contributed by atoms with Crippen LogP contribution in [-0.4, -0.2) is 52.8 Å². The molecule has 0 amide bonds. The van der Waals surface area contributed by atoms with Crippen LogP contribution in [0.4, 0.5) is 5.69 Å². The van der Waals surface area contributed by atoms with Gasteiger partial charge in [-0.05, 0) is 54.4 Å². The minimum Gasteiger partial charge on any atom is -0.507 e. The van der Waals surface area contributed by atoms with E-state index in [9.17, 15) is 9.90 Å². The summed E-state index contributed by atoms with van der Waals surface area (Å²) in [5, 5.41) is 11.1. The van der Waals surface area contributed by atoms with Gasteiger partial charge in [0.2, 0.25) is 0 Å². The maximum Gasteiger partial charge on any atom is 0.259 e. The highest BCUT2D eigenvalue weighted by Gasteiger charge is 2.31. The van der Waals surface area contributed by atoms with Gasteiger partial charge in [-0.15, -0.1) is 0 Å². The van der Waals surface area contributed by atoms with Gasteiger partial charge in [-0.2, -0.15) is 0 Å². The Morgan fingerprint density at radius 2 is 1.70 bits per heavy atom. The predicted molar refractivity (Wildman–Crippen MR) is 146 cm³/mol. The number of ether oxygens (including phenoxy) is 1. The van der Waals surface area contributed by atoms with Crippen molar-refractivity contribution in [3.8, 4) is 11.5 Å². The maximum absolute atomic E-state index is 14.0. The largest absolute Gasteiger partial charge is 0.507 e.